The van der Waals surface area contributed by atoms with Gasteiger partial charge in [0.2, 0.25) is 0 Å². The molecular weight excluding hydrogens is 181 g/mol. The molecule has 0 saturated heterocycles. The summed E-state index contributed by atoms with van der Waals surface area (Å²) in [6.07, 6.45) is 0.407. The topological polar surface area (TPSA) is 46.2 Å². The Balaban J connectivity index is 3.22. The lowest BCUT2D eigenvalue weighted by atomic mass is 9.90. The summed E-state index contributed by atoms with van der Waals surface area (Å²) < 4.78 is 13.4. The van der Waals surface area contributed by atoms with E-state index in [1.165, 1.54) is 6.07 Å². The summed E-state index contributed by atoms with van der Waals surface area (Å²) in [7, 11) is 0. The highest BCUT2D eigenvalue weighted by molar-refractivity contribution is 5.29. The quantitative estimate of drug-likeness (QED) is 0.774. The molecule has 0 aromatic heterocycles. The third-order valence-corrected chi connectivity index (χ3v) is 2.55. The Labute approximate surface area is 83.6 Å². The molecule has 0 aliphatic heterocycles. The summed E-state index contributed by atoms with van der Waals surface area (Å²) in [4.78, 5) is 0. The van der Waals surface area contributed by atoms with Crippen molar-refractivity contribution in [3.05, 3.63) is 35.1 Å². The molecule has 1 aromatic carbocycles. The van der Waals surface area contributed by atoms with Crippen LogP contribution in [-0.4, -0.2) is 11.7 Å². The number of nitrogens with two attached hydrogens (primary N) is 1. The van der Waals surface area contributed by atoms with Crippen LogP contribution in [0.3, 0.4) is 0 Å². The van der Waals surface area contributed by atoms with Crippen LogP contribution in [0.15, 0.2) is 18.2 Å². The van der Waals surface area contributed by atoms with Gasteiger partial charge >= 0.3 is 0 Å². The minimum absolute atomic E-state index is 0.0316. The number of benzene rings is 1. The zero-order chi connectivity index (χ0) is 10.8. The summed E-state index contributed by atoms with van der Waals surface area (Å²) in [6.45, 7) is 3.67. The summed E-state index contributed by atoms with van der Waals surface area (Å²) in [5.74, 6) is -0.398. The molecule has 14 heavy (non-hydrogen) atoms. The SMILES string of the molecule is CCC(O)(CN)c1cc(C)ccc1F. The maximum atomic E-state index is 13.4. The van der Waals surface area contributed by atoms with Crippen molar-refractivity contribution in [2.24, 2.45) is 5.73 Å². The molecule has 3 N–H and O–H groups in total. The van der Waals surface area contributed by atoms with Gasteiger partial charge in [-0.1, -0.05) is 24.6 Å². The van der Waals surface area contributed by atoms with Crippen LogP contribution >= 0.6 is 0 Å². The van der Waals surface area contributed by atoms with Gasteiger partial charge in [0.15, 0.2) is 0 Å². The van der Waals surface area contributed by atoms with Crippen molar-refractivity contribution >= 4 is 0 Å². The van der Waals surface area contributed by atoms with Gasteiger partial charge in [-0.15, -0.1) is 0 Å². The first-order chi connectivity index (χ1) is 6.53. The monoisotopic (exact) mass is 197 g/mol. The molecule has 0 radical (unpaired) electrons. The van der Waals surface area contributed by atoms with E-state index in [4.69, 9.17) is 5.73 Å². The van der Waals surface area contributed by atoms with Crippen LogP contribution < -0.4 is 5.73 Å². The molecule has 3 heteroatoms. The van der Waals surface area contributed by atoms with Gasteiger partial charge in [-0.25, -0.2) is 4.39 Å². The smallest absolute Gasteiger partial charge is 0.129 e. The second-order valence-corrected chi connectivity index (χ2v) is 3.57. The predicted molar refractivity (Wildman–Crippen MR) is 54.4 cm³/mol. The van der Waals surface area contributed by atoms with Gasteiger partial charge in [-0.2, -0.15) is 0 Å². The Morgan fingerprint density at radius 2 is 2.14 bits per heavy atom. The van der Waals surface area contributed by atoms with Gasteiger partial charge in [0.1, 0.15) is 11.4 Å². The zero-order valence-corrected chi connectivity index (χ0v) is 8.55. The highest BCUT2D eigenvalue weighted by Crippen LogP contribution is 2.26. The van der Waals surface area contributed by atoms with E-state index in [2.05, 4.69) is 0 Å². The third-order valence-electron chi connectivity index (χ3n) is 2.55. The van der Waals surface area contributed by atoms with Crippen molar-refractivity contribution < 1.29 is 9.50 Å². The average Bonchev–Trinajstić information content (AvgIpc) is 2.20. The molecule has 0 aliphatic carbocycles. The van der Waals surface area contributed by atoms with Gasteiger partial charge < -0.3 is 10.8 Å². The molecule has 0 spiro atoms. The molecule has 0 aliphatic rings. The van der Waals surface area contributed by atoms with Crippen LogP contribution in [-0.2, 0) is 5.60 Å². The fraction of sp³-hybridized carbons (Fsp3) is 0.455. The Bertz CT molecular complexity index is 321. The molecule has 0 saturated carbocycles. The molecule has 1 unspecified atom stereocenters. The largest absolute Gasteiger partial charge is 0.384 e. The third kappa shape index (κ3) is 1.94. The maximum Gasteiger partial charge on any atom is 0.129 e. The normalized spacial score (nSPS) is 15.2. The maximum absolute atomic E-state index is 13.4. The van der Waals surface area contributed by atoms with E-state index in [0.717, 1.165) is 5.56 Å². The first-order valence-electron chi connectivity index (χ1n) is 4.72. The Hall–Kier alpha value is -0.930. The highest BCUT2D eigenvalue weighted by atomic mass is 19.1. The minimum Gasteiger partial charge on any atom is -0.384 e. The van der Waals surface area contributed by atoms with E-state index < -0.39 is 11.4 Å². The van der Waals surface area contributed by atoms with E-state index in [0.29, 0.717) is 12.0 Å². The van der Waals surface area contributed by atoms with Gasteiger partial charge in [0.05, 0.1) is 0 Å². The van der Waals surface area contributed by atoms with Crippen LogP contribution in [0.5, 0.6) is 0 Å². The Morgan fingerprint density at radius 3 is 2.64 bits per heavy atom. The predicted octanol–water partition coefficient (Wildman–Crippen LogP) is 1.69. The van der Waals surface area contributed by atoms with Crippen LogP contribution in [0.2, 0.25) is 0 Å². The Kier molecular flexibility index (Phi) is 3.24. The molecule has 1 atom stereocenters. The van der Waals surface area contributed by atoms with Crippen molar-refractivity contribution in [3.63, 3.8) is 0 Å². The first kappa shape index (κ1) is 11.1. The van der Waals surface area contributed by atoms with E-state index in [-0.39, 0.29) is 6.54 Å². The van der Waals surface area contributed by atoms with Crippen LogP contribution in [0.1, 0.15) is 24.5 Å². The molecule has 0 bridgehead atoms. The molecule has 2 nitrogen and oxygen atoms in total. The van der Waals surface area contributed by atoms with E-state index >= 15 is 0 Å². The first-order valence-corrected chi connectivity index (χ1v) is 4.72. The van der Waals surface area contributed by atoms with E-state index in [9.17, 15) is 9.50 Å². The summed E-state index contributed by atoms with van der Waals surface area (Å²) in [6, 6.07) is 4.68. The molecular formula is C11H16FNO. The molecule has 1 aromatic rings. The highest BCUT2D eigenvalue weighted by Gasteiger charge is 2.28. The molecule has 78 valence electrons. The van der Waals surface area contributed by atoms with Crippen LogP contribution in [0, 0.1) is 12.7 Å². The van der Waals surface area contributed by atoms with Crippen molar-refractivity contribution in [1.82, 2.24) is 0 Å². The van der Waals surface area contributed by atoms with Crippen molar-refractivity contribution in [1.29, 1.82) is 0 Å². The number of halogens is 1. The van der Waals surface area contributed by atoms with Gasteiger partial charge in [-0.3, -0.25) is 0 Å². The van der Waals surface area contributed by atoms with Crippen molar-refractivity contribution in [2.75, 3.05) is 6.54 Å². The molecule has 0 amide bonds. The second-order valence-electron chi connectivity index (χ2n) is 3.57. The summed E-state index contributed by atoms with van der Waals surface area (Å²) in [5, 5.41) is 10.0. The lowest BCUT2D eigenvalue weighted by molar-refractivity contribution is 0.0382. The second kappa shape index (κ2) is 4.07. The van der Waals surface area contributed by atoms with Crippen LogP contribution in [0.4, 0.5) is 4.39 Å². The number of rotatable bonds is 3. The molecule has 1 rings (SSSR count). The molecule has 0 heterocycles. The van der Waals surface area contributed by atoms with Crippen LogP contribution in [0.25, 0.3) is 0 Å². The van der Waals surface area contributed by atoms with Gasteiger partial charge in [0, 0.05) is 12.1 Å². The minimum atomic E-state index is -1.24. The zero-order valence-electron chi connectivity index (χ0n) is 8.55. The summed E-state index contributed by atoms with van der Waals surface area (Å²) >= 11 is 0. The number of hydrogen-bond acceptors (Lipinski definition) is 2. The fourth-order valence-corrected chi connectivity index (χ4v) is 1.44. The Morgan fingerprint density at radius 1 is 1.50 bits per heavy atom. The lowest BCUT2D eigenvalue weighted by Crippen LogP contribution is -2.35. The lowest BCUT2D eigenvalue weighted by Gasteiger charge is -2.26. The van der Waals surface area contributed by atoms with Gasteiger partial charge in [0.25, 0.3) is 0 Å². The van der Waals surface area contributed by atoms with E-state index in [1.807, 2.05) is 6.92 Å². The number of hydrogen-bond donors (Lipinski definition) is 2. The van der Waals surface area contributed by atoms with Gasteiger partial charge in [-0.05, 0) is 19.4 Å². The standard InChI is InChI=1S/C11H16FNO/c1-3-11(14,7-13)9-6-8(2)4-5-10(9)12/h4-6,14H,3,7,13H2,1-2H3. The van der Waals surface area contributed by atoms with Crippen molar-refractivity contribution in [3.8, 4) is 0 Å². The number of aryl methyl sites for hydroxylation is 1. The fourth-order valence-electron chi connectivity index (χ4n) is 1.44. The average molecular weight is 197 g/mol. The van der Waals surface area contributed by atoms with E-state index in [1.54, 1.807) is 19.1 Å². The molecule has 0 fully saturated rings. The van der Waals surface area contributed by atoms with Crippen molar-refractivity contribution in [2.45, 2.75) is 25.9 Å². The number of aliphatic hydroxyl groups is 1. The summed E-state index contributed by atoms with van der Waals surface area (Å²) in [5.41, 5.74) is 5.42.